The zero-order chi connectivity index (χ0) is 25.0. The summed E-state index contributed by atoms with van der Waals surface area (Å²) in [5.74, 6) is -0.288. The van der Waals surface area contributed by atoms with Crippen LogP contribution in [0, 0.1) is 18.3 Å². The smallest absolute Gasteiger partial charge is 0.305 e. The number of carboxylic acids is 1. The number of nitrogens with one attached hydrogen (secondary N) is 1. The summed E-state index contributed by atoms with van der Waals surface area (Å²) in [7, 11) is 3.13. The maximum absolute atomic E-state index is 12.9. The molecular weight excluding hydrogens is 476 g/mol. The molecule has 0 atom stereocenters. The van der Waals surface area contributed by atoms with Crippen LogP contribution in [-0.2, 0) is 23.2 Å². The molecule has 1 fully saturated rings. The van der Waals surface area contributed by atoms with Crippen molar-refractivity contribution in [2.75, 3.05) is 19.0 Å². The second-order valence-electron chi connectivity index (χ2n) is 7.42. The van der Waals surface area contributed by atoms with E-state index in [-0.39, 0.29) is 27.8 Å². The highest BCUT2D eigenvalue weighted by molar-refractivity contribution is 8.26. The van der Waals surface area contributed by atoms with Gasteiger partial charge >= 0.3 is 5.97 Å². The number of nitriles is 1. The van der Waals surface area contributed by atoms with Crippen molar-refractivity contribution in [2.45, 2.75) is 19.9 Å². The van der Waals surface area contributed by atoms with E-state index in [0.717, 1.165) is 23.1 Å². The highest BCUT2D eigenvalue weighted by Gasteiger charge is 2.33. The first-order valence-corrected chi connectivity index (χ1v) is 11.4. The van der Waals surface area contributed by atoms with Crippen LogP contribution in [0.4, 0.5) is 5.82 Å². The first-order valence-electron chi connectivity index (χ1n) is 10.2. The van der Waals surface area contributed by atoms with Crippen molar-refractivity contribution in [1.82, 2.24) is 9.47 Å². The Morgan fingerprint density at radius 1 is 1.32 bits per heavy atom. The van der Waals surface area contributed by atoms with Gasteiger partial charge in [0.2, 0.25) is 0 Å². The first kappa shape index (κ1) is 25.0. The van der Waals surface area contributed by atoms with Crippen LogP contribution in [0.5, 0.6) is 5.75 Å². The van der Waals surface area contributed by atoms with Gasteiger partial charge in [0.15, 0.2) is 0 Å². The molecule has 1 aliphatic rings. The summed E-state index contributed by atoms with van der Waals surface area (Å²) in [5.41, 5.74) is 1.39. The zero-order valence-corrected chi connectivity index (χ0v) is 20.4. The Balaban J connectivity index is 2.01. The van der Waals surface area contributed by atoms with E-state index in [1.165, 1.54) is 9.47 Å². The molecule has 176 valence electrons. The normalized spacial score (nSPS) is 14.4. The maximum Gasteiger partial charge on any atom is 0.305 e. The number of hydrogen-bond donors (Lipinski definition) is 2. The Morgan fingerprint density at radius 3 is 2.59 bits per heavy atom. The number of carbonyl (C=O) groups excluding carboxylic acids is 1. The maximum atomic E-state index is 12.9. The van der Waals surface area contributed by atoms with Gasteiger partial charge in [-0.25, -0.2) is 0 Å². The summed E-state index contributed by atoms with van der Waals surface area (Å²) < 4.78 is 6.77. The molecule has 1 aliphatic heterocycles. The van der Waals surface area contributed by atoms with Crippen molar-refractivity contribution in [3.8, 4) is 11.8 Å². The fraction of sp³-hybridized carbons (Fsp3) is 0.261. The number of nitrogens with zero attached hydrogens (tertiary/aromatic N) is 3. The molecule has 1 aromatic heterocycles. The van der Waals surface area contributed by atoms with Crippen molar-refractivity contribution in [3.05, 3.63) is 61.8 Å². The Hall–Kier alpha value is -3.62. The molecule has 1 aromatic carbocycles. The van der Waals surface area contributed by atoms with E-state index in [2.05, 4.69) is 5.32 Å². The Morgan fingerprint density at radius 2 is 2.00 bits per heavy atom. The van der Waals surface area contributed by atoms with E-state index in [9.17, 15) is 19.6 Å². The number of benzene rings is 1. The lowest BCUT2D eigenvalue weighted by Gasteiger charge is -2.18. The third-order valence-corrected chi connectivity index (χ3v) is 6.69. The number of amides is 1. The Bertz CT molecular complexity index is 1290. The number of thioether (sulfide) groups is 1. The second kappa shape index (κ2) is 10.5. The lowest BCUT2D eigenvalue weighted by molar-refractivity contribution is -0.137. The van der Waals surface area contributed by atoms with Gasteiger partial charge in [0.1, 0.15) is 27.5 Å². The fourth-order valence-electron chi connectivity index (χ4n) is 3.41. The molecule has 2 aromatic rings. The van der Waals surface area contributed by atoms with Crippen LogP contribution in [0.1, 0.15) is 28.7 Å². The summed E-state index contributed by atoms with van der Waals surface area (Å²) in [6, 6.07) is 9.36. The summed E-state index contributed by atoms with van der Waals surface area (Å²) in [4.78, 5) is 38.1. The number of thiocarbonyl (C=S) groups is 1. The quantitative estimate of drug-likeness (QED) is 0.417. The highest BCUT2D eigenvalue weighted by Crippen LogP contribution is 2.35. The Labute approximate surface area is 205 Å². The molecule has 0 radical (unpaired) electrons. The predicted octanol–water partition coefficient (Wildman–Crippen LogP) is 2.86. The number of rotatable bonds is 8. The van der Waals surface area contributed by atoms with Gasteiger partial charge in [-0.05, 0) is 36.3 Å². The number of anilines is 1. The largest absolute Gasteiger partial charge is 0.497 e. The average molecular weight is 499 g/mol. The molecular formula is C23H22N4O5S2. The lowest BCUT2D eigenvalue weighted by Crippen LogP contribution is -2.30. The van der Waals surface area contributed by atoms with Crippen LogP contribution in [0.3, 0.4) is 0 Å². The summed E-state index contributed by atoms with van der Waals surface area (Å²) in [6.07, 6.45) is 1.36. The number of carbonyl (C=O) groups is 2. The Kier molecular flexibility index (Phi) is 7.75. The van der Waals surface area contributed by atoms with E-state index in [1.807, 2.05) is 30.3 Å². The van der Waals surface area contributed by atoms with Crippen molar-refractivity contribution in [2.24, 2.45) is 7.05 Å². The van der Waals surface area contributed by atoms with Crippen molar-refractivity contribution >= 4 is 52.1 Å². The minimum Gasteiger partial charge on any atom is -0.497 e. The number of methoxy groups -OCH3 is 1. The predicted molar refractivity (Wildman–Crippen MR) is 134 cm³/mol. The van der Waals surface area contributed by atoms with Crippen LogP contribution in [0.25, 0.3) is 6.08 Å². The van der Waals surface area contributed by atoms with Crippen LogP contribution in [0.15, 0.2) is 34.0 Å². The molecule has 0 saturated carbocycles. The molecule has 0 unspecified atom stereocenters. The van der Waals surface area contributed by atoms with E-state index < -0.39 is 17.4 Å². The third-order valence-electron chi connectivity index (χ3n) is 5.32. The number of aromatic nitrogens is 1. The number of aliphatic carboxylic acids is 1. The summed E-state index contributed by atoms with van der Waals surface area (Å²) in [5, 5.41) is 21.7. The average Bonchev–Trinajstić information content (AvgIpc) is 3.08. The zero-order valence-electron chi connectivity index (χ0n) is 18.7. The van der Waals surface area contributed by atoms with Gasteiger partial charge in [-0.2, -0.15) is 5.26 Å². The standard InChI is InChI=1S/C23H22N4O5S2/c1-13-16(10-18-22(31)27(23(33)34-18)9-8-19(28)29)20(26(2)21(30)17(13)11-24)25-12-14-4-6-15(32-3)7-5-14/h4-7,10,25H,8-9,12H2,1-3H3,(H,28,29)/b18-10+. The van der Waals surface area contributed by atoms with Gasteiger partial charge in [0.05, 0.1) is 18.4 Å². The molecule has 1 saturated heterocycles. The first-order chi connectivity index (χ1) is 16.2. The summed E-state index contributed by atoms with van der Waals surface area (Å²) >= 11 is 6.31. The molecule has 11 heteroatoms. The topological polar surface area (TPSA) is 125 Å². The van der Waals surface area contributed by atoms with E-state index >= 15 is 0 Å². The van der Waals surface area contributed by atoms with Gasteiger partial charge in [0.25, 0.3) is 11.5 Å². The minimum atomic E-state index is -1.03. The third kappa shape index (κ3) is 5.13. The number of carboxylic acid groups (broad SMARTS) is 1. The van der Waals surface area contributed by atoms with Crippen LogP contribution < -0.4 is 15.6 Å². The van der Waals surface area contributed by atoms with Crippen LogP contribution >= 0.6 is 24.0 Å². The molecule has 9 nitrogen and oxygen atoms in total. The van der Waals surface area contributed by atoms with Gasteiger partial charge in [0, 0.05) is 25.7 Å². The molecule has 0 bridgehead atoms. The van der Waals surface area contributed by atoms with Crippen LogP contribution in [0.2, 0.25) is 0 Å². The van der Waals surface area contributed by atoms with Gasteiger partial charge in [-0.3, -0.25) is 23.9 Å². The van der Waals surface area contributed by atoms with Crippen molar-refractivity contribution < 1.29 is 19.4 Å². The minimum absolute atomic E-state index is 0.0231. The van der Waals surface area contributed by atoms with Gasteiger partial charge in [-0.15, -0.1) is 0 Å². The molecule has 0 aliphatic carbocycles. The molecule has 2 heterocycles. The monoisotopic (exact) mass is 498 g/mol. The van der Waals surface area contributed by atoms with Crippen molar-refractivity contribution in [1.29, 1.82) is 5.26 Å². The number of hydrogen-bond acceptors (Lipinski definition) is 8. The van der Waals surface area contributed by atoms with E-state index in [0.29, 0.717) is 23.5 Å². The number of pyridine rings is 1. The molecule has 2 N–H and O–H groups in total. The molecule has 34 heavy (non-hydrogen) atoms. The second-order valence-corrected chi connectivity index (χ2v) is 9.09. The van der Waals surface area contributed by atoms with E-state index in [1.54, 1.807) is 27.2 Å². The van der Waals surface area contributed by atoms with Crippen LogP contribution in [-0.4, -0.2) is 44.4 Å². The van der Waals surface area contributed by atoms with E-state index in [4.69, 9.17) is 22.1 Å². The fourth-order valence-corrected chi connectivity index (χ4v) is 4.70. The van der Waals surface area contributed by atoms with Crippen molar-refractivity contribution in [3.63, 3.8) is 0 Å². The SMILES string of the molecule is COc1ccc(CNc2c(/C=C3/SC(=S)N(CCC(=O)O)C3=O)c(C)c(C#N)c(=O)n2C)cc1. The molecule has 3 rings (SSSR count). The number of ether oxygens (including phenoxy) is 1. The highest BCUT2D eigenvalue weighted by atomic mass is 32.2. The van der Waals surface area contributed by atoms with Gasteiger partial charge < -0.3 is 15.2 Å². The summed E-state index contributed by atoms with van der Waals surface area (Å²) in [6.45, 7) is 1.99. The van der Waals surface area contributed by atoms with Gasteiger partial charge in [-0.1, -0.05) is 36.1 Å². The lowest BCUT2D eigenvalue weighted by atomic mass is 10.0. The molecule has 0 spiro atoms. The molecule has 1 amide bonds.